The van der Waals surface area contributed by atoms with E-state index in [1.807, 2.05) is 6.92 Å². The third kappa shape index (κ3) is 6.60. The van der Waals surface area contributed by atoms with Gasteiger partial charge in [-0.2, -0.15) is 0 Å². The fourth-order valence-corrected chi connectivity index (χ4v) is 4.80. The molecule has 9 nitrogen and oxygen atoms in total. The zero-order valence-corrected chi connectivity index (χ0v) is 21.5. The summed E-state index contributed by atoms with van der Waals surface area (Å²) in [6.45, 7) is 1.87. The highest BCUT2D eigenvalue weighted by molar-refractivity contribution is 7.92. The molecule has 36 heavy (non-hydrogen) atoms. The van der Waals surface area contributed by atoms with Crippen molar-refractivity contribution in [3.63, 3.8) is 0 Å². The maximum atomic E-state index is 13.6. The molecule has 3 aromatic rings. The van der Waals surface area contributed by atoms with Gasteiger partial charge >= 0.3 is 0 Å². The molecule has 3 aromatic carbocycles. The van der Waals surface area contributed by atoms with Gasteiger partial charge in [0.25, 0.3) is 10.0 Å². The molecule has 1 N–H and O–H groups in total. The van der Waals surface area contributed by atoms with Gasteiger partial charge in [0, 0.05) is 12.1 Å². The molecule has 0 unspecified atom stereocenters. The second-order valence-corrected chi connectivity index (χ2v) is 9.60. The number of anilines is 1. The average molecular weight is 515 g/mol. The maximum absolute atomic E-state index is 13.6. The van der Waals surface area contributed by atoms with Gasteiger partial charge in [0.1, 0.15) is 24.7 Å². The van der Waals surface area contributed by atoms with E-state index in [2.05, 4.69) is 5.32 Å². The highest BCUT2D eigenvalue weighted by atomic mass is 32.2. The van der Waals surface area contributed by atoms with Gasteiger partial charge in [-0.3, -0.25) is 9.10 Å². The predicted octanol–water partition coefficient (Wildman–Crippen LogP) is 3.41. The van der Waals surface area contributed by atoms with Crippen LogP contribution in [0.3, 0.4) is 0 Å². The van der Waals surface area contributed by atoms with Crippen LogP contribution >= 0.6 is 0 Å². The van der Waals surface area contributed by atoms with Gasteiger partial charge < -0.3 is 24.3 Å². The fourth-order valence-electron chi connectivity index (χ4n) is 3.37. The highest BCUT2D eigenvalue weighted by Crippen LogP contribution is 2.32. The van der Waals surface area contributed by atoms with Crippen molar-refractivity contribution in [1.29, 1.82) is 0 Å². The number of hydrogen-bond donors (Lipinski definition) is 1. The molecule has 1 amide bonds. The summed E-state index contributed by atoms with van der Waals surface area (Å²) in [5, 5.41) is 2.71. The molecule has 192 valence electrons. The number of hydrogen-bond acceptors (Lipinski definition) is 7. The van der Waals surface area contributed by atoms with Crippen LogP contribution in [0.5, 0.6) is 23.0 Å². The Kier molecular flexibility index (Phi) is 9.02. The summed E-state index contributed by atoms with van der Waals surface area (Å²) >= 11 is 0. The number of nitrogens with zero attached hydrogens (tertiary/aromatic N) is 1. The molecule has 0 aliphatic heterocycles. The SMILES string of the molecule is COc1cccc(OCCNC(=O)CN(c2ccc(C)cc2)S(=O)(=O)c2ccc(OC)c(OC)c2)c1. The van der Waals surface area contributed by atoms with Crippen molar-refractivity contribution in [2.75, 3.05) is 45.3 Å². The topological polar surface area (TPSA) is 103 Å². The highest BCUT2D eigenvalue weighted by Gasteiger charge is 2.28. The molecule has 0 bridgehead atoms. The number of benzene rings is 3. The number of amides is 1. The molecule has 0 saturated carbocycles. The number of ether oxygens (including phenoxy) is 4. The maximum Gasteiger partial charge on any atom is 0.264 e. The number of rotatable bonds is 12. The van der Waals surface area contributed by atoms with Gasteiger partial charge in [-0.1, -0.05) is 23.8 Å². The van der Waals surface area contributed by atoms with E-state index in [0.29, 0.717) is 22.9 Å². The first-order valence-electron chi connectivity index (χ1n) is 11.1. The minimum absolute atomic E-state index is 0.0325. The third-order valence-corrected chi connectivity index (χ3v) is 7.06. The molecule has 0 heterocycles. The molecule has 0 spiro atoms. The molecule has 0 atom stereocenters. The second-order valence-electron chi connectivity index (χ2n) is 7.74. The summed E-state index contributed by atoms with van der Waals surface area (Å²) < 4.78 is 49.5. The first-order chi connectivity index (χ1) is 17.3. The van der Waals surface area contributed by atoms with Crippen LogP contribution in [0.4, 0.5) is 5.69 Å². The van der Waals surface area contributed by atoms with Crippen LogP contribution in [-0.4, -0.2) is 55.4 Å². The largest absolute Gasteiger partial charge is 0.497 e. The summed E-state index contributed by atoms with van der Waals surface area (Å²) in [7, 11) is 0.345. The van der Waals surface area contributed by atoms with Crippen molar-refractivity contribution in [3.8, 4) is 23.0 Å². The van der Waals surface area contributed by atoms with Crippen molar-refractivity contribution < 1.29 is 32.2 Å². The molecule has 0 saturated heterocycles. The number of methoxy groups -OCH3 is 3. The van der Waals surface area contributed by atoms with Crippen LogP contribution in [0.2, 0.25) is 0 Å². The van der Waals surface area contributed by atoms with E-state index in [1.165, 1.54) is 32.4 Å². The average Bonchev–Trinajstić information content (AvgIpc) is 2.90. The zero-order chi connectivity index (χ0) is 26.1. The Labute approximate surface area is 211 Å². The van der Waals surface area contributed by atoms with E-state index in [1.54, 1.807) is 55.6 Å². The lowest BCUT2D eigenvalue weighted by molar-refractivity contribution is -0.119. The second kappa shape index (κ2) is 12.2. The normalized spacial score (nSPS) is 10.9. The summed E-state index contributed by atoms with van der Waals surface area (Å²) in [5.41, 5.74) is 1.32. The number of carbonyl (C=O) groups excluding carboxylic acids is 1. The van der Waals surface area contributed by atoms with E-state index >= 15 is 0 Å². The smallest absolute Gasteiger partial charge is 0.264 e. The third-order valence-electron chi connectivity index (χ3n) is 5.29. The first-order valence-corrected chi connectivity index (χ1v) is 12.6. The van der Waals surface area contributed by atoms with Gasteiger partial charge in [-0.05, 0) is 43.3 Å². The summed E-state index contributed by atoms with van der Waals surface area (Å²) in [5.74, 6) is 1.44. The lowest BCUT2D eigenvalue weighted by Gasteiger charge is -2.24. The molecule has 0 aliphatic carbocycles. The van der Waals surface area contributed by atoms with Crippen LogP contribution in [0, 0.1) is 6.92 Å². The van der Waals surface area contributed by atoms with Gasteiger partial charge in [0.15, 0.2) is 11.5 Å². The molecule has 0 radical (unpaired) electrons. The fraction of sp³-hybridized carbons (Fsp3) is 0.269. The molecule has 3 rings (SSSR count). The monoisotopic (exact) mass is 514 g/mol. The minimum atomic E-state index is -4.11. The minimum Gasteiger partial charge on any atom is -0.497 e. The van der Waals surface area contributed by atoms with Crippen molar-refractivity contribution in [2.24, 2.45) is 0 Å². The first kappa shape index (κ1) is 26.7. The lowest BCUT2D eigenvalue weighted by Crippen LogP contribution is -2.41. The van der Waals surface area contributed by atoms with Crippen LogP contribution in [-0.2, 0) is 14.8 Å². The van der Waals surface area contributed by atoms with Gasteiger partial charge in [0.05, 0.1) is 38.5 Å². The van der Waals surface area contributed by atoms with Crippen molar-refractivity contribution in [2.45, 2.75) is 11.8 Å². The molecule has 0 aromatic heterocycles. The van der Waals surface area contributed by atoms with Crippen LogP contribution in [0.25, 0.3) is 0 Å². The number of nitrogens with one attached hydrogen (secondary N) is 1. The predicted molar refractivity (Wildman–Crippen MR) is 137 cm³/mol. The van der Waals surface area contributed by atoms with Crippen LogP contribution in [0.1, 0.15) is 5.56 Å². The van der Waals surface area contributed by atoms with E-state index in [4.69, 9.17) is 18.9 Å². The summed E-state index contributed by atoms with van der Waals surface area (Å²) in [6, 6.07) is 18.3. The molecule has 10 heteroatoms. The Bertz CT molecular complexity index is 1280. The van der Waals surface area contributed by atoms with Crippen molar-refractivity contribution in [1.82, 2.24) is 5.32 Å². The Hall–Kier alpha value is -3.92. The zero-order valence-electron chi connectivity index (χ0n) is 20.7. The van der Waals surface area contributed by atoms with E-state index in [0.717, 1.165) is 9.87 Å². The number of sulfonamides is 1. The Morgan fingerprint density at radius 3 is 2.22 bits per heavy atom. The van der Waals surface area contributed by atoms with Crippen LogP contribution in [0.15, 0.2) is 71.6 Å². The van der Waals surface area contributed by atoms with Gasteiger partial charge in [0.2, 0.25) is 5.91 Å². The van der Waals surface area contributed by atoms with E-state index < -0.39 is 22.5 Å². The quantitative estimate of drug-likeness (QED) is 0.370. The Morgan fingerprint density at radius 2 is 1.56 bits per heavy atom. The van der Waals surface area contributed by atoms with Gasteiger partial charge in [-0.15, -0.1) is 0 Å². The molecular formula is C26H30N2O7S. The Morgan fingerprint density at radius 1 is 0.861 bits per heavy atom. The molecule has 0 fully saturated rings. The van der Waals surface area contributed by atoms with Gasteiger partial charge in [-0.25, -0.2) is 8.42 Å². The lowest BCUT2D eigenvalue weighted by atomic mass is 10.2. The van der Waals surface area contributed by atoms with E-state index in [-0.39, 0.29) is 23.8 Å². The van der Waals surface area contributed by atoms with E-state index in [9.17, 15) is 13.2 Å². The summed E-state index contributed by atoms with van der Waals surface area (Å²) in [4.78, 5) is 12.7. The number of carbonyl (C=O) groups is 1. The standard InChI is InChI=1S/C26H30N2O7S/c1-19-8-10-20(11-9-19)28(36(30,31)23-12-13-24(33-3)25(17-23)34-4)18-26(29)27-14-15-35-22-7-5-6-21(16-22)32-2/h5-13,16-17H,14-15,18H2,1-4H3,(H,27,29). The molecule has 0 aliphatic rings. The van der Waals surface area contributed by atoms with Crippen LogP contribution < -0.4 is 28.6 Å². The summed E-state index contributed by atoms with van der Waals surface area (Å²) in [6.07, 6.45) is 0. The molecular weight excluding hydrogens is 484 g/mol. The van der Waals surface area contributed by atoms with Crippen molar-refractivity contribution >= 4 is 21.6 Å². The Balaban J connectivity index is 1.75. The number of aryl methyl sites for hydroxylation is 1. The van der Waals surface area contributed by atoms with Crippen molar-refractivity contribution in [3.05, 3.63) is 72.3 Å².